The van der Waals surface area contributed by atoms with E-state index in [1.54, 1.807) is 7.11 Å². The monoisotopic (exact) mass is 450 g/mol. The maximum atomic E-state index is 13.7. The SMILES string of the molecule is COc1cccc(C23CCN(C)CC2C(O)C[C@H](N(CC(C)C)C(=O)c2ccccc2)C3)c1. The summed E-state index contributed by atoms with van der Waals surface area (Å²) in [5, 5.41) is 11.5. The maximum Gasteiger partial charge on any atom is 0.254 e. The smallest absolute Gasteiger partial charge is 0.254 e. The molecule has 3 unspecified atom stereocenters. The van der Waals surface area contributed by atoms with E-state index in [1.807, 2.05) is 41.3 Å². The van der Waals surface area contributed by atoms with Crippen LogP contribution >= 0.6 is 0 Å². The Hall–Kier alpha value is -2.37. The van der Waals surface area contributed by atoms with Gasteiger partial charge in [0, 0.05) is 36.0 Å². The van der Waals surface area contributed by atoms with Crippen molar-refractivity contribution in [2.45, 2.75) is 50.7 Å². The minimum atomic E-state index is -0.462. The van der Waals surface area contributed by atoms with Gasteiger partial charge in [-0.2, -0.15) is 0 Å². The second-order valence-corrected chi connectivity index (χ2v) is 10.4. The lowest BCUT2D eigenvalue weighted by atomic mass is 9.56. The summed E-state index contributed by atoms with van der Waals surface area (Å²) in [5.74, 6) is 1.38. The van der Waals surface area contributed by atoms with Crippen molar-refractivity contribution in [3.8, 4) is 5.75 Å². The van der Waals surface area contributed by atoms with Crippen LogP contribution in [-0.2, 0) is 5.41 Å². The molecule has 1 N–H and O–H groups in total. The lowest BCUT2D eigenvalue weighted by Crippen LogP contribution is -2.61. The molecule has 2 aromatic carbocycles. The van der Waals surface area contributed by atoms with Gasteiger partial charge in [0.05, 0.1) is 13.2 Å². The molecule has 1 saturated heterocycles. The molecule has 5 nitrogen and oxygen atoms in total. The molecule has 0 bridgehead atoms. The molecule has 33 heavy (non-hydrogen) atoms. The van der Waals surface area contributed by atoms with Gasteiger partial charge >= 0.3 is 0 Å². The van der Waals surface area contributed by atoms with E-state index < -0.39 is 6.10 Å². The van der Waals surface area contributed by atoms with Crippen LogP contribution in [0, 0.1) is 11.8 Å². The molecule has 4 rings (SSSR count). The van der Waals surface area contributed by atoms with E-state index >= 15 is 0 Å². The lowest BCUT2D eigenvalue weighted by Gasteiger charge is -2.56. The van der Waals surface area contributed by atoms with E-state index in [0.29, 0.717) is 24.4 Å². The maximum absolute atomic E-state index is 13.7. The largest absolute Gasteiger partial charge is 0.497 e. The molecule has 2 aromatic rings. The molecule has 0 spiro atoms. The zero-order valence-electron chi connectivity index (χ0n) is 20.4. The third kappa shape index (κ3) is 4.80. The number of fused-ring (bicyclic) bond motifs is 1. The van der Waals surface area contributed by atoms with Crippen LogP contribution < -0.4 is 4.74 Å². The molecule has 2 aliphatic rings. The Labute approximate surface area is 198 Å². The van der Waals surface area contributed by atoms with Gasteiger partial charge in [-0.15, -0.1) is 0 Å². The van der Waals surface area contributed by atoms with Crippen molar-refractivity contribution < 1.29 is 14.6 Å². The van der Waals surface area contributed by atoms with Crippen molar-refractivity contribution >= 4 is 5.91 Å². The molecule has 1 saturated carbocycles. The van der Waals surface area contributed by atoms with Crippen molar-refractivity contribution in [2.75, 3.05) is 33.8 Å². The van der Waals surface area contributed by atoms with E-state index in [4.69, 9.17) is 4.74 Å². The topological polar surface area (TPSA) is 53.0 Å². The predicted octanol–water partition coefficient (Wildman–Crippen LogP) is 4.21. The van der Waals surface area contributed by atoms with Crippen molar-refractivity contribution in [3.05, 3.63) is 65.7 Å². The summed E-state index contributed by atoms with van der Waals surface area (Å²) in [6, 6.07) is 17.9. The van der Waals surface area contributed by atoms with E-state index in [9.17, 15) is 9.90 Å². The summed E-state index contributed by atoms with van der Waals surface area (Å²) in [7, 11) is 3.84. The molecule has 0 radical (unpaired) electrons. The van der Waals surface area contributed by atoms with Crippen LogP contribution in [0.4, 0.5) is 0 Å². The average Bonchev–Trinajstić information content (AvgIpc) is 2.83. The summed E-state index contributed by atoms with van der Waals surface area (Å²) in [5.41, 5.74) is 1.75. The minimum Gasteiger partial charge on any atom is -0.497 e. The number of benzene rings is 2. The molecular weight excluding hydrogens is 412 g/mol. The van der Waals surface area contributed by atoms with Gasteiger partial charge in [0.15, 0.2) is 0 Å². The van der Waals surface area contributed by atoms with Gasteiger partial charge in [0.2, 0.25) is 0 Å². The van der Waals surface area contributed by atoms with Crippen LogP contribution in [0.25, 0.3) is 0 Å². The Bertz CT molecular complexity index is 947. The Balaban J connectivity index is 1.74. The molecule has 1 aliphatic carbocycles. The molecule has 5 heteroatoms. The van der Waals surface area contributed by atoms with Gasteiger partial charge in [-0.1, -0.05) is 44.2 Å². The molecule has 1 amide bonds. The van der Waals surface area contributed by atoms with Gasteiger partial charge < -0.3 is 19.6 Å². The van der Waals surface area contributed by atoms with Crippen LogP contribution in [0.1, 0.15) is 49.0 Å². The number of piperidine rings is 1. The first-order valence-electron chi connectivity index (χ1n) is 12.2. The van der Waals surface area contributed by atoms with Crippen molar-refractivity contribution in [2.24, 2.45) is 11.8 Å². The van der Waals surface area contributed by atoms with Crippen LogP contribution in [0.2, 0.25) is 0 Å². The predicted molar refractivity (Wildman–Crippen MR) is 132 cm³/mol. The van der Waals surface area contributed by atoms with E-state index in [0.717, 1.165) is 31.7 Å². The van der Waals surface area contributed by atoms with Crippen molar-refractivity contribution in [1.82, 2.24) is 9.80 Å². The highest BCUT2D eigenvalue weighted by Gasteiger charge is 2.53. The number of nitrogens with zero attached hydrogens (tertiary/aromatic N) is 2. The molecule has 4 atom stereocenters. The number of hydrogen-bond acceptors (Lipinski definition) is 4. The number of likely N-dealkylation sites (tertiary alicyclic amines) is 1. The van der Waals surface area contributed by atoms with Crippen LogP contribution in [-0.4, -0.2) is 66.8 Å². The summed E-state index contributed by atoms with van der Waals surface area (Å²) < 4.78 is 5.56. The van der Waals surface area contributed by atoms with Crippen LogP contribution in [0.3, 0.4) is 0 Å². The number of carbonyl (C=O) groups is 1. The quantitative estimate of drug-likeness (QED) is 0.717. The highest BCUT2D eigenvalue weighted by molar-refractivity contribution is 5.94. The zero-order valence-corrected chi connectivity index (χ0v) is 20.4. The molecule has 178 valence electrons. The fourth-order valence-electron chi connectivity index (χ4n) is 6.05. The first kappa shape index (κ1) is 23.8. The van der Waals surface area contributed by atoms with Crippen LogP contribution in [0.15, 0.2) is 54.6 Å². The van der Waals surface area contributed by atoms with Crippen molar-refractivity contribution in [1.29, 1.82) is 0 Å². The normalized spacial score (nSPS) is 27.8. The first-order valence-corrected chi connectivity index (χ1v) is 12.2. The summed E-state index contributed by atoms with van der Waals surface area (Å²) in [4.78, 5) is 18.0. The molecule has 2 fully saturated rings. The number of aliphatic hydroxyl groups excluding tert-OH is 1. The Morgan fingerprint density at radius 1 is 1.21 bits per heavy atom. The number of carbonyl (C=O) groups excluding carboxylic acids is 1. The summed E-state index contributed by atoms with van der Waals surface area (Å²) in [6.45, 7) is 6.83. The Kier molecular flexibility index (Phi) is 7.10. The first-order chi connectivity index (χ1) is 15.8. The number of hydrogen-bond donors (Lipinski definition) is 1. The van der Waals surface area contributed by atoms with Gasteiger partial charge in [0.25, 0.3) is 5.91 Å². The number of aliphatic hydroxyl groups is 1. The zero-order chi connectivity index (χ0) is 23.6. The third-order valence-electron chi connectivity index (χ3n) is 7.66. The number of rotatable bonds is 6. The molecule has 0 aromatic heterocycles. The fourth-order valence-corrected chi connectivity index (χ4v) is 6.05. The van der Waals surface area contributed by atoms with E-state index in [1.165, 1.54) is 5.56 Å². The average molecular weight is 451 g/mol. The Morgan fingerprint density at radius 3 is 2.67 bits per heavy atom. The van der Waals surface area contributed by atoms with Crippen molar-refractivity contribution in [3.63, 3.8) is 0 Å². The molecule has 1 aliphatic heterocycles. The van der Waals surface area contributed by atoms with E-state index in [-0.39, 0.29) is 23.3 Å². The van der Waals surface area contributed by atoms with Gasteiger partial charge in [-0.3, -0.25) is 4.79 Å². The van der Waals surface area contributed by atoms with Gasteiger partial charge in [-0.25, -0.2) is 0 Å². The van der Waals surface area contributed by atoms with E-state index in [2.05, 4.69) is 44.0 Å². The molecule has 1 heterocycles. The second-order valence-electron chi connectivity index (χ2n) is 10.4. The lowest BCUT2D eigenvalue weighted by molar-refractivity contribution is -0.0606. The Morgan fingerprint density at radius 2 is 1.97 bits per heavy atom. The highest BCUT2D eigenvalue weighted by atomic mass is 16.5. The highest BCUT2D eigenvalue weighted by Crippen LogP contribution is 2.50. The summed E-state index contributed by atoms with van der Waals surface area (Å²) in [6.07, 6.45) is 1.98. The third-order valence-corrected chi connectivity index (χ3v) is 7.66. The second kappa shape index (κ2) is 9.86. The minimum absolute atomic E-state index is 0.0130. The van der Waals surface area contributed by atoms with Gasteiger partial charge in [0.1, 0.15) is 5.75 Å². The van der Waals surface area contributed by atoms with Crippen LogP contribution in [0.5, 0.6) is 5.75 Å². The number of amides is 1. The molecular formula is C28H38N2O3. The van der Waals surface area contributed by atoms with Gasteiger partial charge in [-0.05, 0) is 68.6 Å². The standard InChI is InChI=1S/C28H38N2O3/c1-20(2)18-30(27(32)21-9-6-5-7-10-21)23-16-26(31)25-19-29(3)14-13-28(25,17-23)22-11-8-12-24(15-22)33-4/h5-12,15,20,23,25-26,31H,13-14,16-19H2,1-4H3/t23-,25?,26?,28?/m0/s1. The fraction of sp³-hybridized carbons (Fsp3) is 0.536. The number of ether oxygens (including phenoxy) is 1. The summed E-state index contributed by atoms with van der Waals surface area (Å²) >= 11 is 0. The number of methoxy groups -OCH3 is 1.